The molecule has 1 atom stereocenters. The fourth-order valence-corrected chi connectivity index (χ4v) is 3.25. The van der Waals surface area contributed by atoms with E-state index in [0.29, 0.717) is 33.9 Å². The van der Waals surface area contributed by atoms with E-state index >= 15 is 0 Å². The van der Waals surface area contributed by atoms with E-state index in [4.69, 9.17) is 28.3 Å². The second kappa shape index (κ2) is 9.34. The van der Waals surface area contributed by atoms with Crippen molar-refractivity contribution in [2.24, 2.45) is 10.8 Å². The first-order valence-corrected chi connectivity index (χ1v) is 9.11. The Labute approximate surface area is 168 Å². The Balaban J connectivity index is 2.43. The van der Waals surface area contributed by atoms with Gasteiger partial charge < -0.3 is 16.3 Å². The minimum Gasteiger partial charge on any atom is -0.481 e. The third-order valence-corrected chi connectivity index (χ3v) is 4.96. The third-order valence-electron chi connectivity index (χ3n) is 4.64. The van der Waals surface area contributed by atoms with E-state index in [2.05, 4.69) is 10.4 Å². The van der Waals surface area contributed by atoms with Gasteiger partial charge in [-0.15, -0.1) is 0 Å². The molecular weight excluding hydrogens is 380 g/mol. The Kier molecular flexibility index (Phi) is 7.14. The minimum atomic E-state index is -0.869. The topological polar surface area (TPSA) is 131 Å². The van der Waals surface area contributed by atoms with Crippen LogP contribution in [-0.4, -0.2) is 23.2 Å². The number of hydrogen-bond acceptors (Lipinski definition) is 5. The van der Waals surface area contributed by atoms with Crippen LogP contribution in [0.1, 0.15) is 52.7 Å². The van der Waals surface area contributed by atoms with Crippen molar-refractivity contribution in [3.8, 4) is 0 Å². The number of carbonyl (C=O) groups excluding carboxylic acids is 1. The summed E-state index contributed by atoms with van der Waals surface area (Å²) in [5.41, 5.74) is 11.5. The third kappa shape index (κ3) is 4.68. The molecule has 0 amide bonds. The Bertz CT molecular complexity index is 928. The van der Waals surface area contributed by atoms with Crippen molar-refractivity contribution in [1.82, 2.24) is 5.43 Å². The number of aliphatic carboxylic acids is 1. The molecule has 0 spiro atoms. The molecule has 0 aliphatic carbocycles. The van der Waals surface area contributed by atoms with Crippen LogP contribution in [0.5, 0.6) is 0 Å². The zero-order valence-corrected chi connectivity index (χ0v) is 16.5. The minimum absolute atomic E-state index is 0.0117. The van der Waals surface area contributed by atoms with Crippen molar-refractivity contribution in [1.29, 1.82) is 0 Å². The number of carbonyl (C=O) groups is 2. The van der Waals surface area contributed by atoms with Gasteiger partial charge in [0.2, 0.25) is 0 Å². The van der Waals surface area contributed by atoms with Crippen LogP contribution in [0.25, 0.3) is 0 Å². The molecule has 2 rings (SSSR count). The number of aliphatic imine (C=N–C) groups is 1. The maximum Gasteiger partial charge on any atom is 0.303 e. The molecule has 0 bridgehead atoms. The van der Waals surface area contributed by atoms with Crippen LogP contribution in [0.15, 0.2) is 35.3 Å². The van der Waals surface area contributed by atoms with Gasteiger partial charge >= 0.3 is 5.97 Å². The lowest BCUT2D eigenvalue weighted by molar-refractivity contribution is -0.137. The maximum atomic E-state index is 13.0. The van der Waals surface area contributed by atoms with Crippen molar-refractivity contribution in [2.75, 3.05) is 5.73 Å². The molecule has 0 aliphatic heterocycles. The predicted molar refractivity (Wildman–Crippen MR) is 111 cm³/mol. The highest BCUT2D eigenvalue weighted by Gasteiger charge is 2.21. The highest BCUT2D eigenvalue weighted by atomic mass is 35.5. The summed E-state index contributed by atoms with van der Waals surface area (Å²) >= 11 is 6.09. The maximum absolute atomic E-state index is 13.0. The second-order valence-corrected chi connectivity index (χ2v) is 6.77. The van der Waals surface area contributed by atoms with Crippen molar-refractivity contribution in [3.63, 3.8) is 0 Å². The van der Waals surface area contributed by atoms with Crippen molar-refractivity contribution in [3.05, 3.63) is 57.6 Å². The zero-order chi connectivity index (χ0) is 20.8. The number of nitrogens with two attached hydrogens (primary N) is 2. The molecule has 0 fully saturated rings. The summed E-state index contributed by atoms with van der Waals surface area (Å²) in [6.07, 6.45) is 1.93. The van der Waals surface area contributed by atoms with Crippen LogP contribution in [0.2, 0.25) is 5.02 Å². The fraction of sp³-hybridized carbons (Fsp3) is 0.250. The fourth-order valence-electron chi connectivity index (χ4n) is 3.09. The normalized spacial score (nSPS) is 12.1. The molecule has 0 saturated carbocycles. The number of nitrogens with one attached hydrogen (secondary N) is 1. The monoisotopic (exact) mass is 402 g/mol. The molecule has 6 N–H and O–H groups in total. The Morgan fingerprint density at radius 3 is 2.64 bits per heavy atom. The van der Waals surface area contributed by atoms with Crippen molar-refractivity contribution >= 4 is 41.1 Å². The zero-order valence-electron chi connectivity index (χ0n) is 15.7. The van der Waals surface area contributed by atoms with Gasteiger partial charge in [0.15, 0.2) is 5.78 Å². The number of halogens is 1. The van der Waals surface area contributed by atoms with E-state index in [1.807, 2.05) is 6.92 Å². The number of nitrogens with zero attached hydrogens (tertiary/aromatic N) is 1. The number of nitrogen functional groups attached to an aromatic ring is 1. The van der Waals surface area contributed by atoms with Crippen molar-refractivity contribution < 1.29 is 14.7 Å². The van der Waals surface area contributed by atoms with E-state index in [1.165, 1.54) is 6.34 Å². The number of hydrazine groups is 1. The molecular formula is C20H23ClN4O3. The van der Waals surface area contributed by atoms with E-state index in [9.17, 15) is 9.59 Å². The lowest BCUT2D eigenvalue weighted by atomic mass is 9.87. The quantitative estimate of drug-likeness (QED) is 0.133. The molecule has 8 heteroatoms. The van der Waals surface area contributed by atoms with Crippen LogP contribution in [-0.2, 0) is 4.79 Å². The molecule has 1 unspecified atom stereocenters. The molecule has 0 heterocycles. The molecule has 0 aromatic heterocycles. The van der Waals surface area contributed by atoms with E-state index in [-0.39, 0.29) is 18.1 Å². The lowest BCUT2D eigenvalue weighted by Crippen LogP contribution is -2.18. The Morgan fingerprint density at radius 2 is 2.04 bits per heavy atom. The number of hydrogen-bond donors (Lipinski definition) is 4. The van der Waals surface area contributed by atoms with Gasteiger partial charge in [0.1, 0.15) is 6.34 Å². The summed E-state index contributed by atoms with van der Waals surface area (Å²) in [7, 11) is 0. The van der Waals surface area contributed by atoms with Crippen LogP contribution in [0, 0.1) is 6.92 Å². The molecule has 0 radical (unpaired) electrons. The number of carboxylic acid groups (broad SMARTS) is 1. The van der Waals surface area contributed by atoms with Gasteiger partial charge in [-0.1, -0.05) is 24.6 Å². The summed E-state index contributed by atoms with van der Waals surface area (Å²) in [4.78, 5) is 28.1. The van der Waals surface area contributed by atoms with Gasteiger partial charge in [0, 0.05) is 16.8 Å². The Morgan fingerprint density at radius 1 is 1.32 bits per heavy atom. The summed E-state index contributed by atoms with van der Waals surface area (Å²) < 4.78 is 0. The second-order valence-electron chi connectivity index (χ2n) is 6.36. The summed E-state index contributed by atoms with van der Waals surface area (Å²) in [5, 5.41) is 9.49. The van der Waals surface area contributed by atoms with Crippen LogP contribution < -0.4 is 17.0 Å². The molecule has 2 aromatic carbocycles. The summed E-state index contributed by atoms with van der Waals surface area (Å²) in [6.45, 7) is 3.73. The first-order valence-electron chi connectivity index (χ1n) is 8.73. The lowest BCUT2D eigenvalue weighted by Gasteiger charge is -2.19. The summed E-state index contributed by atoms with van der Waals surface area (Å²) in [6, 6.07) is 8.16. The Hall–Kier alpha value is -2.90. The average Bonchev–Trinajstić information content (AvgIpc) is 2.67. The molecule has 0 saturated heterocycles. The van der Waals surface area contributed by atoms with Gasteiger partial charge in [-0.05, 0) is 54.7 Å². The molecule has 28 heavy (non-hydrogen) atoms. The van der Waals surface area contributed by atoms with E-state index < -0.39 is 5.97 Å². The van der Waals surface area contributed by atoms with Gasteiger partial charge in [-0.2, -0.15) is 0 Å². The molecule has 0 aliphatic rings. The highest BCUT2D eigenvalue weighted by molar-refractivity contribution is 6.33. The number of rotatable bonds is 8. The highest BCUT2D eigenvalue weighted by Crippen LogP contribution is 2.33. The van der Waals surface area contributed by atoms with Crippen LogP contribution >= 0.6 is 11.6 Å². The average molecular weight is 403 g/mol. The van der Waals surface area contributed by atoms with Crippen LogP contribution in [0.4, 0.5) is 11.4 Å². The van der Waals surface area contributed by atoms with E-state index in [0.717, 1.165) is 11.1 Å². The summed E-state index contributed by atoms with van der Waals surface area (Å²) in [5.74, 6) is 3.87. The van der Waals surface area contributed by atoms with Gasteiger partial charge in [-0.25, -0.2) is 10.8 Å². The van der Waals surface area contributed by atoms with Gasteiger partial charge in [0.25, 0.3) is 0 Å². The predicted octanol–water partition coefficient (Wildman–Crippen LogP) is 3.55. The number of benzene rings is 2. The smallest absolute Gasteiger partial charge is 0.303 e. The number of carboxylic acids is 1. The molecule has 148 valence electrons. The van der Waals surface area contributed by atoms with Gasteiger partial charge in [0.05, 0.1) is 17.1 Å². The van der Waals surface area contributed by atoms with E-state index in [1.54, 1.807) is 37.3 Å². The standard InChI is InChI=1S/C20H23ClN4O3/c1-3-12(9-18(26)27)14-5-6-15(19(22)11(14)2)20(28)13-4-7-16(21)17(8-13)24-10-25-23/h4-8,10,12H,3,9,22-23H2,1-2H3,(H,24,25)(H,26,27). The number of anilines is 1. The molecule has 7 nitrogen and oxygen atoms in total. The first kappa shape index (κ1) is 21.4. The molecule has 2 aromatic rings. The van der Waals surface area contributed by atoms with Crippen molar-refractivity contribution in [2.45, 2.75) is 32.6 Å². The number of ketones is 1. The largest absolute Gasteiger partial charge is 0.481 e. The SMILES string of the molecule is CCC(CC(=O)O)c1ccc(C(=O)c2ccc(Cl)c(N=CNN)c2)c(N)c1C. The van der Waals surface area contributed by atoms with Crippen LogP contribution in [0.3, 0.4) is 0 Å². The first-order chi connectivity index (χ1) is 13.3. The van der Waals surface area contributed by atoms with Gasteiger partial charge in [-0.3, -0.25) is 9.59 Å².